The van der Waals surface area contributed by atoms with Crippen molar-refractivity contribution in [3.63, 3.8) is 0 Å². The second-order valence-electron chi connectivity index (χ2n) is 7.72. The van der Waals surface area contributed by atoms with Gasteiger partial charge in [0.25, 0.3) is 5.91 Å². The normalized spacial score (nSPS) is 13.8. The van der Waals surface area contributed by atoms with Crippen LogP contribution in [-0.2, 0) is 19.1 Å². The summed E-state index contributed by atoms with van der Waals surface area (Å²) in [6.45, 7) is 0.996. The van der Waals surface area contributed by atoms with E-state index >= 15 is 0 Å². The van der Waals surface area contributed by atoms with Crippen molar-refractivity contribution in [1.29, 1.82) is 0 Å². The van der Waals surface area contributed by atoms with Gasteiger partial charge in [0, 0.05) is 24.5 Å². The van der Waals surface area contributed by atoms with Crippen molar-refractivity contribution in [2.24, 2.45) is 0 Å². The van der Waals surface area contributed by atoms with E-state index in [9.17, 15) is 18.0 Å². The Kier molecular flexibility index (Phi) is 4.84. The lowest BCUT2D eigenvalue weighted by molar-refractivity contribution is -0.137. The van der Waals surface area contributed by atoms with Gasteiger partial charge in [0.05, 0.1) is 23.0 Å². The van der Waals surface area contributed by atoms with Crippen molar-refractivity contribution in [2.45, 2.75) is 19.1 Å². The van der Waals surface area contributed by atoms with Gasteiger partial charge >= 0.3 is 6.18 Å². The lowest BCUT2D eigenvalue weighted by Crippen LogP contribution is -2.36. The molecule has 32 heavy (non-hydrogen) atoms. The summed E-state index contributed by atoms with van der Waals surface area (Å²) in [6, 6.07) is 16.2. The average Bonchev–Trinajstić information content (AvgIpc) is 3.27. The summed E-state index contributed by atoms with van der Waals surface area (Å²) < 4.78 is 38.4. The number of halogens is 3. The van der Waals surface area contributed by atoms with Crippen LogP contribution in [0.25, 0.3) is 11.0 Å². The topological polar surface area (TPSA) is 61.0 Å². The summed E-state index contributed by atoms with van der Waals surface area (Å²) in [5.74, 6) is -0.0746. The number of aromatic amines is 1. The minimum Gasteiger partial charge on any atom is -0.355 e. The fraction of sp³-hybridized carbons (Fsp3) is 0.167. The molecule has 0 fully saturated rings. The van der Waals surface area contributed by atoms with Crippen molar-refractivity contribution in [1.82, 2.24) is 14.9 Å². The number of para-hydroxylation sites is 1. The Labute approximate surface area is 181 Å². The van der Waals surface area contributed by atoms with Crippen LogP contribution in [0.3, 0.4) is 0 Å². The molecule has 1 aliphatic heterocycles. The number of aromatic nitrogens is 2. The summed E-state index contributed by atoms with van der Waals surface area (Å²) in [6.07, 6.45) is -2.14. The van der Waals surface area contributed by atoms with Gasteiger partial charge < -0.3 is 15.2 Å². The molecule has 1 amide bonds. The number of hydrogen-bond acceptors (Lipinski definition) is 3. The van der Waals surface area contributed by atoms with Gasteiger partial charge in [0.2, 0.25) is 0 Å². The molecule has 0 atom stereocenters. The van der Waals surface area contributed by atoms with E-state index in [4.69, 9.17) is 0 Å². The molecule has 0 bridgehead atoms. The van der Waals surface area contributed by atoms with Crippen molar-refractivity contribution < 1.29 is 18.0 Å². The summed E-state index contributed by atoms with van der Waals surface area (Å²) >= 11 is 0. The van der Waals surface area contributed by atoms with Gasteiger partial charge in [-0.2, -0.15) is 13.2 Å². The monoisotopic (exact) mass is 436 g/mol. The zero-order chi connectivity index (χ0) is 22.3. The maximum Gasteiger partial charge on any atom is 0.416 e. The smallest absolute Gasteiger partial charge is 0.355 e. The maximum atomic E-state index is 13.2. The number of hydrogen-bond donors (Lipinski definition) is 2. The first-order chi connectivity index (χ1) is 15.4. The largest absolute Gasteiger partial charge is 0.416 e. The van der Waals surface area contributed by atoms with Gasteiger partial charge in [-0.3, -0.25) is 4.79 Å². The third kappa shape index (κ3) is 3.68. The number of alkyl halides is 3. The number of nitrogens with one attached hydrogen (secondary N) is 2. The molecule has 3 aromatic carbocycles. The molecule has 5 rings (SSSR count). The molecule has 0 aliphatic carbocycles. The van der Waals surface area contributed by atoms with Crippen molar-refractivity contribution in [3.05, 3.63) is 89.2 Å². The molecule has 2 heterocycles. The fourth-order valence-corrected chi connectivity index (χ4v) is 4.11. The molecule has 2 N–H and O–H groups in total. The Morgan fingerprint density at radius 3 is 2.59 bits per heavy atom. The number of carbonyl (C=O) groups is 1. The molecule has 8 heteroatoms. The van der Waals surface area contributed by atoms with Crippen LogP contribution < -0.4 is 5.32 Å². The van der Waals surface area contributed by atoms with Crippen LogP contribution >= 0.6 is 0 Å². The summed E-state index contributed by atoms with van der Waals surface area (Å²) in [5, 5.41) is 3.22. The lowest BCUT2D eigenvalue weighted by atomic mass is 9.96. The molecule has 162 valence electrons. The second kappa shape index (κ2) is 7.71. The molecule has 0 spiro atoms. The first kappa shape index (κ1) is 20.1. The van der Waals surface area contributed by atoms with Crippen LogP contribution in [0.1, 0.15) is 27.0 Å². The average molecular weight is 436 g/mol. The number of rotatable bonds is 3. The van der Waals surface area contributed by atoms with Crippen LogP contribution in [0.4, 0.5) is 24.5 Å². The minimum atomic E-state index is -4.36. The predicted molar refractivity (Wildman–Crippen MR) is 116 cm³/mol. The Bertz CT molecular complexity index is 1290. The first-order valence-electron chi connectivity index (χ1n) is 10.2. The van der Waals surface area contributed by atoms with Crippen LogP contribution in [0.5, 0.6) is 0 Å². The van der Waals surface area contributed by atoms with Crippen LogP contribution in [0.2, 0.25) is 0 Å². The minimum absolute atomic E-state index is 0.0746. The highest BCUT2D eigenvalue weighted by Gasteiger charge is 2.30. The molecule has 1 aromatic heterocycles. The highest BCUT2D eigenvalue weighted by atomic mass is 19.4. The van der Waals surface area contributed by atoms with Crippen LogP contribution in [0, 0.1) is 0 Å². The van der Waals surface area contributed by atoms with E-state index < -0.39 is 11.7 Å². The Morgan fingerprint density at radius 1 is 1.03 bits per heavy atom. The zero-order valence-electron chi connectivity index (χ0n) is 16.9. The van der Waals surface area contributed by atoms with Crippen LogP contribution in [0.15, 0.2) is 67.0 Å². The third-order valence-electron chi connectivity index (χ3n) is 5.72. The number of H-pyrrole nitrogens is 1. The molecule has 0 saturated carbocycles. The fourth-order valence-electron chi connectivity index (χ4n) is 4.11. The predicted octanol–water partition coefficient (Wildman–Crippen LogP) is 5.52. The van der Waals surface area contributed by atoms with Gasteiger partial charge in [0.15, 0.2) is 0 Å². The number of amides is 1. The third-order valence-corrected chi connectivity index (χ3v) is 5.72. The number of benzene rings is 3. The van der Waals surface area contributed by atoms with E-state index in [1.807, 2.05) is 30.3 Å². The number of fused-ring (bicyclic) bond motifs is 2. The van der Waals surface area contributed by atoms with Gasteiger partial charge in [-0.1, -0.05) is 18.2 Å². The van der Waals surface area contributed by atoms with Crippen molar-refractivity contribution in [2.75, 3.05) is 11.9 Å². The van der Waals surface area contributed by atoms with E-state index in [0.29, 0.717) is 36.3 Å². The van der Waals surface area contributed by atoms with Gasteiger partial charge in [-0.15, -0.1) is 0 Å². The van der Waals surface area contributed by atoms with E-state index in [0.717, 1.165) is 34.5 Å². The molecule has 0 radical (unpaired) electrons. The Balaban J connectivity index is 1.37. The Hall–Kier alpha value is -3.81. The first-order valence-corrected chi connectivity index (χ1v) is 10.2. The molecular weight excluding hydrogens is 417 g/mol. The van der Waals surface area contributed by atoms with E-state index in [-0.39, 0.29) is 5.91 Å². The standard InChI is InChI=1S/C24H19F3N4O/c25-24(26,27)16-7-9-17(10-8-16)30-20-5-1-3-15-13-31(12-11-18(15)20)23(32)19-4-2-6-21-22(19)29-14-28-21/h1-10,14,30H,11-13H2,(H,28,29). The van der Waals surface area contributed by atoms with E-state index in [1.165, 1.54) is 12.1 Å². The van der Waals surface area contributed by atoms with Crippen molar-refractivity contribution >= 4 is 28.3 Å². The van der Waals surface area contributed by atoms with Gasteiger partial charge in [0.1, 0.15) is 5.52 Å². The molecule has 0 saturated heterocycles. The quantitative estimate of drug-likeness (QED) is 0.444. The Morgan fingerprint density at radius 2 is 1.81 bits per heavy atom. The molecule has 0 unspecified atom stereocenters. The molecule has 1 aliphatic rings. The SMILES string of the molecule is O=C(c1cccc2[nH]cnc12)N1CCc2c(cccc2Nc2ccc(C(F)(F)F)cc2)C1. The summed E-state index contributed by atoms with van der Waals surface area (Å²) in [5.41, 5.74) is 4.84. The highest BCUT2D eigenvalue weighted by Crippen LogP contribution is 2.32. The summed E-state index contributed by atoms with van der Waals surface area (Å²) in [7, 11) is 0. The molecular formula is C24H19F3N4O. The number of nitrogens with zero attached hydrogens (tertiary/aromatic N) is 2. The number of anilines is 2. The van der Waals surface area contributed by atoms with Crippen LogP contribution in [-0.4, -0.2) is 27.3 Å². The summed E-state index contributed by atoms with van der Waals surface area (Å²) in [4.78, 5) is 22.3. The molecule has 4 aromatic rings. The zero-order valence-corrected chi connectivity index (χ0v) is 16.9. The molecule has 5 nitrogen and oxygen atoms in total. The number of carbonyl (C=O) groups excluding carboxylic acids is 1. The number of imidazole rings is 1. The second-order valence-corrected chi connectivity index (χ2v) is 7.72. The van der Waals surface area contributed by atoms with E-state index in [2.05, 4.69) is 15.3 Å². The highest BCUT2D eigenvalue weighted by molar-refractivity contribution is 6.04. The van der Waals surface area contributed by atoms with Gasteiger partial charge in [-0.05, 0) is 60.0 Å². The van der Waals surface area contributed by atoms with Crippen molar-refractivity contribution in [3.8, 4) is 0 Å². The lowest BCUT2D eigenvalue weighted by Gasteiger charge is -2.30. The van der Waals surface area contributed by atoms with E-state index in [1.54, 1.807) is 17.3 Å². The van der Waals surface area contributed by atoms with Gasteiger partial charge in [-0.25, -0.2) is 4.98 Å². The maximum absolute atomic E-state index is 13.2.